The van der Waals surface area contributed by atoms with E-state index in [4.69, 9.17) is 0 Å². The first-order chi connectivity index (χ1) is 8.25. The lowest BCUT2D eigenvalue weighted by atomic mass is 10.2. The molecule has 0 aliphatic rings. The third-order valence-corrected chi connectivity index (χ3v) is 2.66. The van der Waals surface area contributed by atoms with Crippen LogP contribution in [0.25, 0.3) is 6.08 Å². The van der Waals surface area contributed by atoms with Crippen molar-refractivity contribution in [1.82, 2.24) is 9.97 Å². The number of hydrogen-bond donors (Lipinski definition) is 0. The summed E-state index contributed by atoms with van der Waals surface area (Å²) in [4.78, 5) is 19.8. The molecule has 0 aliphatic heterocycles. The predicted molar refractivity (Wildman–Crippen MR) is 74.6 cm³/mol. The highest BCUT2D eigenvalue weighted by Crippen LogP contribution is 2.07. The highest BCUT2D eigenvalue weighted by atomic mass is 127. The number of nitrogens with zero attached hydrogens (tertiary/aromatic N) is 2. The lowest BCUT2D eigenvalue weighted by Crippen LogP contribution is -1.96. The number of halogens is 1. The first kappa shape index (κ1) is 11.9. The zero-order chi connectivity index (χ0) is 12.1. The van der Waals surface area contributed by atoms with E-state index in [0.29, 0.717) is 5.69 Å². The maximum Gasteiger partial charge on any atom is 0.204 e. The summed E-state index contributed by atoms with van der Waals surface area (Å²) in [7, 11) is 0. The zero-order valence-corrected chi connectivity index (χ0v) is 11.0. The summed E-state index contributed by atoms with van der Waals surface area (Å²) in [6.07, 6.45) is 8.33. The van der Waals surface area contributed by atoms with Crippen molar-refractivity contribution >= 4 is 34.5 Å². The van der Waals surface area contributed by atoms with Gasteiger partial charge in [0.25, 0.3) is 0 Å². The second-order valence-corrected chi connectivity index (χ2v) is 4.59. The molecule has 0 saturated carbocycles. The van der Waals surface area contributed by atoms with Crippen LogP contribution in [0.2, 0.25) is 0 Å². The molecule has 0 spiro atoms. The fraction of sp³-hybridized carbons (Fsp3) is 0. The van der Waals surface area contributed by atoms with Gasteiger partial charge in [0.2, 0.25) is 5.78 Å². The van der Waals surface area contributed by atoms with Gasteiger partial charge in [0.05, 0.1) is 0 Å². The number of ketones is 1. The average molecular weight is 336 g/mol. The standard InChI is InChI=1S/C13H9IN2O/c14-11-7-10(8-15-9-11)4-5-13(17)12-3-1-2-6-16-12/h1-9H. The third-order valence-electron chi connectivity index (χ3n) is 2.07. The molecular weight excluding hydrogens is 327 g/mol. The van der Waals surface area contributed by atoms with Crippen molar-refractivity contribution in [3.63, 3.8) is 0 Å². The summed E-state index contributed by atoms with van der Waals surface area (Å²) in [5.41, 5.74) is 1.35. The van der Waals surface area contributed by atoms with E-state index in [1.54, 1.807) is 42.9 Å². The Morgan fingerprint density at radius 1 is 1.29 bits per heavy atom. The monoisotopic (exact) mass is 336 g/mol. The topological polar surface area (TPSA) is 42.9 Å². The SMILES string of the molecule is O=C(C=Cc1cncc(I)c1)c1ccccn1. The van der Waals surface area contributed by atoms with E-state index in [0.717, 1.165) is 9.13 Å². The molecule has 0 aliphatic carbocycles. The van der Waals surface area contributed by atoms with Gasteiger partial charge >= 0.3 is 0 Å². The van der Waals surface area contributed by atoms with Crippen LogP contribution in [0.1, 0.15) is 16.1 Å². The minimum Gasteiger partial charge on any atom is -0.288 e. The summed E-state index contributed by atoms with van der Waals surface area (Å²) in [6, 6.07) is 7.22. The molecule has 0 unspecified atom stereocenters. The largest absolute Gasteiger partial charge is 0.288 e. The van der Waals surface area contributed by atoms with Crippen LogP contribution in [0.4, 0.5) is 0 Å². The molecule has 0 fully saturated rings. The summed E-state index contributed by atoms with van der Waals surface area (Å²) >= 11 is 2.18. The van der Waals surface area contributed by atoms with Gasteiger partial charge in [-0.3, -0.25) is 14.8 Å². The van der Waals surface area contributed by atoms with Gasteiger partial charge < -0.3 is 0 Å². The van der Waals surface area contributed by atoms with Crippen LogP contribution in [0.5, 0.6) is 0 Å². The van der Waals surface area contributed by atoms with Crippen LogP contribution in [-0.2, 0) is 0 Å². The Hall–Kier alpha value is -1.56. The minimum absolute atomic E-state index is 0.107. The van der Waals surface area contributed by atoms with E-state index in [1.165, 1.54) is 6.08 Å². The molecule has 0 N–H and O–H groups in total. The summed E-state index contributed by atoms with van der Waals surface area (Å²) in [5.74, 6) is -0.107. The number of pyridine rings is 2. The third kappa shape index (κ3) is 3.45. The molecule has 17 heavy (non-hydrogen) atoms. The van der Waals surface area contributed by atoms with Gasteiger partial charge in [-0.05, 0) is 58.5 Å². The quantitative estimate of drug-likeness (QED) is 0.492. The van der Waals surface area contributed by atoms with E-state index in [1.807, 2.05) is 6.07 Å². The number of aromatic nitrogens is 2. The number of carbonyl (C=O) groups is 1. The van der Waals surface area contributed by atoms with Gasteiger partial charge in [0, 0.05) is 22.2 Å². The molecule has 2 aromatic heterocycles. The van der Waals surface area contributed by atoms with Crippen molar-refractivity contribution in [2.24, 2.45) is 0 Å². The molecule has 0 radical (unpaired) electrons. The highest BCUT2D eigenvalue weighted by Gasteiger charge is 2.01. The summed E-state index contributed by atoms with van der Waals surface area (Å²) in [5, 5.41) is 0. The molecule has 2 rings (SSSR count). The number of allylic oxidation sites excluding steroid dienone is 1. The molecule has 0 atom stereocenters. The minimum atomic E-state index is -0.107. The Morgan fingerprint density at radius 2 is 2.18 bits per heavy atom. The van der Waals surface area contributed by atoms with Crippen molar-refractivity contribution in [2.45, 2.75) is 0 Å². The van der Waals surface area contributed by atoms with E-state index in [-0.39, 0.29) is 5.78 Å². The van der Waals surface area contributed by atoms with Gasteiger partial charge in [-0.2, -0.15) is 0 Å². The molecule has 3 nitrogen and oxygen atoms in total. The van der Waals surface area contributed by atoms with E-state index in [9.17, 15) is 4.79 Å². The maximum atomic E-state index is 11.7. The Balaban J connectivity index is 2.14. The number of carbonyl (C=O) groups excluding carboxylic acids is 1. The molecule has 0 bridgehead atoms. The first-order valence-electron chi connectivity index (χ1n) is 5.00. The maximum absolute atomic E-state index is 11.7. The van der Waals surface area contributed by atoms with Crippen LogP contribution in [0.15, 0.2) is 48.9 Å². The first-order valence-corrected chi connectivity index (χ1v) is 6.07. The summed E-state index contributed by atoms with van der Waals surface area (Å²) in [6.45, 7) is 0. The van der Waals surface area contributed by atoms with Crippen LogP contribution < -0.4 is 0 Å². The van der Waals surface area contributed by atoms with Crippen LogP contribution in [-0.4, -0.2) is 15.8 Å². The molecule has 2 heterocycles. The van der Waals surface area contributed by atoms with E-state index in [2.05, 4.69) is 32.6 Å². The van der Waals surface area contributed by atoms with E-state index >= 15 is 0 Å². The van der Waals surface area contributed by atoms with Gasteiger partial charge in [-0.25, -0.2) is 0 Å². The lowest BCUT2D eigenvalue weighted by molar-refractivity contribution is 0.104. The predicted octanol–water partition coefficient (Wildman–Crippen LogP) is 2.98. The Labute approximate surface area is 113 Å². The van der Waals surface area contributed by atoms with Crippen molar-refractivity contribution < 1.29 is 4.79 Å². The normalized spacial score (nSPS) is 10.6. The molecule has 0 amide bonds. The molecule has 84 valence electrons. The number of rotatable bonds is 3. The second kappa shape index (κ2) is 5.67. The van der Waals surface area contributed by atoms with Crippen molar-refractivity contribution in [3.05, 3.63) is 63.8 Å². The van der Waals surface area contributed by atoms with Crippen LogP contribution in [0.3, 0.4) is 0 Å². The summed E-state index contributed by atoms with van der Waals surface area (Å²) < 4.78 is 1.04. The molecule has 0 aromatic carbocycles. The second-order valence-electron chi connectivity index (χ2n) is 3.35. The van der Waals surface area contributed by atoms with Crippen LogP contribution >= 0.6 is 22.6 Å². The van der Waals surface area contributed by atoms with Gasteiger partial charge in [-0.1, -0.05) is 6.07 Å². The highest BCUT2D eigenvalue weighted by molar-refractivity contribution is 14.1. The molecule has 4 heteroatoms. The van der Waals surface area contributed by atoms with Crippen LogP contribution in [0, 0.1) is 3.57 Å². The van der Waals surface area contributed by atoms with Gasteiger partial charge in [0.1, 0.15) is 5.69 Å². The lowest BCUT2D eigenvalue weighted by Gasteiger charge is -1.94. The Kier molecular flexibility index (Phi) is 3.98. The van der Waals surface area contributed by atoms with Gasteiger partial charge in [0.15, 0.2) is 0 Å². The van der Waals surface area contributed by atoms with Crippen molar-refractivity contribution in [3.8, 4) is 0 Å². The Bertz CT molecular complexity index is 552. The molecular formula is C13H9IN2O. The number of hydrogen-bond acceptors (Lipinski definition) is 3. The van der Waals surface area contributed by atoms with E-state index < -0.39 is 0 Å². The molecule has 2 aromatic rings. The Morgan fingerprint density at radius 3 is 2.88 bits per heavy atom. The fourth-order valence-electron chi connectivity index (χ4n) is 1.29. The van der Waals surface area contributed by atoms with Crippen molar-refractivity contribution in [2.75, 3.05) is 0 Å². The average Bonchev–Trinajstić information content (AvgIpc) is 2.37. The smallest absolute Gasteiger partial charge is 0.204 e. The fourth-order valence-corrected chi connectivity index (χ4v) is 1.81. The molecule has 0 saturated heterocycles. The van der Waals surface area contributed by atoms with Crippen molar-refractivity contribution in [1.29, 1.82) is 0 Å². The zero-order valence-electron chi connectivity index (χ0n) is 8.88. The van der Waals surface area contributed by atoms with Gasteiger partial charge in [-0.15, -0.1) is 0 Å².